The Balaban J connectivity index is 2.43. The Morgan fingerprint density at radius 2 is 2.53 bits per heavy atom. The third-order valence-electron chi connectivity index (χ3n) is 1.85. The first-order valence-electron chi connectivity index (χ1n) is 4.41. The van der Waals surface area contributed by atoms with E-state index in [-0.39, 0.29) is 6.61 Å². The van der Waals surface area contributed by atoms with Crippen LogP contribution < -0.4 is 5.73 Å². The summed E-state index contributed by atoms with van der Waals surface area (Å²) in [7, 11) is 0. The lowest BCUT2D eigenvalue weighted by Gasteiger charge is -2.16. The number of rotatable bonds is 5. The van der Waals surface area contributed by atoms with Crippen LogP contribution in [0.5, 0.6) is 0 Å². The van der Waals surface area contributed by atoms with Crippen molar-refractivity contribution in [2.24, 2.45) is 5.73 Å². The summed E-state index contributed by atoms with van der Waals surface area (Å²) in [6, 6.07) is 2.60. The molecule has 0 spiro atoms. The number of nitrogens with two attached hydrogens (primary N) is 1. The van der Waals surface area contributed by atoms with E-state index < -0.39 is 18.1 Å². The Hall–Kier alpha value is -1.59. The number of aliphatic hydroxyl groups excluding tert-OH is 1. The highest BCUT2D eigenvalue weighted by Gasteiger charge is 2.20. The normalized spacial score (nSPS) is 14.3. The average molecular weight is 211 g/mol. The van der Waals surface area contributed by atoms with E-state index in [9.17, 15) is 9.90 Å². The lowest BCUT2D eigenvalue weighted by molar-refractivity contribution is -0.141. The quantitative estimate of drug-likeness (QED) is 0.543. The lowest BCUT2D eigenvalue weighted by Crippen LogP contribution is -2.30. The largest absolute Gasteiger partial charge is 0.468 e. The summed E-state index contributed by atoms with van der Waals surface area (Å²) in [5, 5.41) is 9.54. The van der Waals surface area contributed by atoms with Crippen molar-refractivity contribution >= 4 is 5.97 Å². The SMILES string of the molecule is C=CC(=O)OCC(O)C(N)c1ccco1. The monoisotopic (exact) mass is 211 g/mol. The number of carbonyl (C=O) groups excluding carboxylic acids is 1. The summed E-state index contributed by atoms with van der Waals surface area (Å²) in [5.41, 5.74) is 5.65. The number of hydrogen-bond acceptors (Lipinski definition) is 5. The predicted octanol–water partition coefficient (Wildman–Crippen LogP) is 0.369. The molecule has 0 saturated heterocycles. The van der Waals surface area contributed by atoms with Gasteiger partial charge in [0.05, 0.1) is 12.3 Å². The van der Waals surface area contributed by atoms with Gasteiger partial charge in [-0.15, -0.1) is 0 Å². The van der Waals surface area contributed by atoms with Crippen molar-refractivity contribution in [1.82, 2.24) is 0 Å². The lowest BCUT2D eigenvalue weighted by atomic mass is 10.1. The minimum atomic E-state index is -1.000. The van der Waals surface area contributed by atoms with E-state index in [0.29, 0.717) is 5.76 Å². The van der Waals surface area contributed by atoms with E-state index in [0.717, 1.165) is 6.08 Å². The van der Waals surface area contributed by atoms with Crippen LogP contribution >= 0.6 is 0 Å². The smallest absolute Gasteiger partial charge is 0.330 e. The third kappa shape index (κ3) is 3.23. The fraction of sp³-hybridized carbons (Fsp3) is 0.300. The summed E-state index contributed by atoms with van der Waals surface area (Å²) in [6.45, 7) is 3.04. The van der Waals surface area contributed by atoms with Gasteiger partial charge in [0.1, 0.15) is 18.5 Å². The molecule has 1 aromatic heterocycles. The summed E-state index contributed by atoms with van der Waals surface area (Å²) in [5.74, 6) is -0.155. The van der Waals surface area contributed by atoms with Gasteiger partial charge in [0, 0.05) is 6.08 Å². The molecule has 82 valence electrons. The predicted molar refractivity (Wildman–Crippen MR) is 52.8 cm³/mol. The molecule has 1 rings (SSSR count). The zero-order valence-electron chi connectivity index (χ0n) is 8.13. The minimum absolute atomic E-state index is 0.188. The molecule has 0 fully saturated rings. The molecule has 2 atom stereocenters. The molecule has 0 saturated carbocycles. The third-order valence-corrected chi connectivity index (χ3v) is 1.85. The molecule has 5 nitrogen and oxygen atoms in total. The highest BCUT2D eigenvalue weighted by atomic mass is 16.5. The van der Waals surface area contributed by atoms with E-state index in [1.54, 1.807) is 12.1 Å². The summed E-state index contributed by atoms with van der Waals surface area (Å²) >= 11 is 0. The van der Waals surface area contributed by atoms with Crippen LogP contribution in [-0.4, -0.2) is 23.8 Å². The number of furan rings is 1. The molecule has 1 aromatic rings. The van der Waals surface area contributed by atoms with Crippen LogP contribution in [0.25, 0.3) is 0 Å². The van der Waals surface area contributed by atoms with Crippen LogP contribution in [0.15, 0.2) is 35.5 Å². The van der Waals surface area contributed by atoms with Crippen molar-refractivity contribution in [3.63, 3.8) is 0 Å². The molecule has 0 aliphatic heterocycles. The van der Waals surface area contributed by atoms with Crippen LogP contribution in [-0.2, 0) is 9.53 Å². The van der Waals surface area contributed by atoms with E-state index in [4.69, 9.17) is 10.2 Å². The molecule has 0 aromatic carbocycles. The Morgan fingerprint density at radius 3 is 3.07 bits per heavy atom. The maximum absolute atomic E-state index is 10.7. The molecular formula is C10H13NO4. The summed E-state index contributed by atoms with van der Waals surface area (Å²) in [6.07, 6.45) is 1.48. The van der Waals surface area contributed by atoms with E-state index in [2.05, 4.69) is 11.3 Å². The van der Waals surface area contributed by atoms with Gasteiger partial charge in [0.25, 0.3) is 0 Å². The molecule has 0 radical (unpaired) electrons. The molecule has 0 aliphatic rings. The van der Waals surface area contributed by atoms with Gasteiger partial charge in [-0.05, 0) is 12.1 Å². The topological polar surface area (TPSA) is 85.7 Å². The maximum Gasteiger partial charge on any atom is 0.330 e. The van der Waals surface area contributed by atoms with Crippen molar-refractivity contribution in [1.29, 1.82) is 0 Å². The second-order valence-electron chi connectivity index (χ2n) is 2.94. The van der Waals surface area contributed by atoms with Gasteiger partial charge in [-0.3, -0.25) is 0 Å². The maximum atomic E-state index is 10.7. The van der Waals surface area contributed by atoms with Crippen LogP contribution in [0, 0.1) is 0 Å². The summed E-state index contributed by atoms with van der Waals surface area (Å²) in [4.78, 5) is 10.7. The van der Waals surface area contributed by atoms with Crippen LogP contribution in [0.3, 0.4) is 0 Å². The molecule has 0 aliphatic carbocycles. The van der Waals surface area contributed by atoms with Crippen molar-refractivity contribution in [3.8, 4) is 0 Å². The molecule has 5 heteroatoms. The molecule has 1 heterocycles. The molecule has 0 bridgehead atoms. The van der Waals surface area contributed by atoms with Crippen molar-refractivity contribution in [3.05, 3.63) is 36.8 Å². The Kier molecular flexibility index (Phi) is 4.08. The van der Waals surface area contributed by atoms with E-state index in [1.165, 1.54) is 6.26 Å². The van der Waals surface area contributed by atoms with Crippen LogP contribution in [0.4, 0.5) is 0 Å². The molecule has 0 amide bonds. The molecule has 2 unspecified atom stereocenters. The van der Waals surface area contributed by atoms with Crippen molar-refractivity contribution in [2.75, 3.05) is 6.61 Å². The van der Waals surface area contributed by atoms with Gasteiger partial charge < -0.3 is 20.0 Å². The Morgan fingerprint density at radius 1 is 1.80 bits per heavy atom. The fourth-order valence-electron chi connectivity index (χ4n) is 1.00. The Bertz CT molecular complexity index is 320. The van der Waals surface area contributed by atoms with Crippen molar-refractivity contribution in [2.45, 2.75) is 12.1 Å². The van der Waals surface area contributed by atoms with Gasteiger partial charge in [0.2, 0.25) is 0 Å². The zero-order valence-corrected chi connectivity index (χ0v) is 8.13. The standard InChI is InChI=1S/C10H13NO4/c1-2-9(13)15-6-7(12)10(11)8-4-3-5-14-8/h2-5,7,10,12H,1,6,11H2. The van der Waals surface area contributed by atoms with E-state index >= 15 is 0 Å². The van der Waals surface area contributed by atoms with Gasteiger partial charge in [-0.1, -0.05) is 6.58 Å². The first kappa shape index (κ1) is 11.5. The zero-order chi connectivity index (χ0) is 11.3. The highest BCUT2D eigenvalue weighted by Crippen LogP contribution is 2.14. The number of esters is 1. The molecule has 15 heavy (non-hydrogen) atoms. The minimum Gasteiger partial charge on any atom is -0.468 e. The van der Waals surface area contributed by atoms with Gasteiger partial charge in [-0.2, -0.15) is 0 Å². The highest BCUT2D eigenvalue weighted by molar-refractivity contribution is 5.81. The first-order chi connectivity index (χ1) is 7.15. The fourth-order valence-corrected chi connectivity index (χ4v) is 1.00. The Labute approximate surface area is 87.1 Å². The molecule has 3 N–H and O–H groups in total. The van der Waals surface area contributed by atoms with Gasteiger partial charge in [-0.25, -0.2) is 4.79 Å². The van der Waals surface area contributed by atoms with Gasteiger partial charge >= 0.3 is 5.97 Å². The first-order valence-corrected chi connectivity index (χ1v) is 4.41. The number of carbonyl (C=O) groups is 1. The van der Waals surface area contributed by atoms with Gasteiger partial charge in [0.15, 0.2) is 0 Å². The number of aliphatic hydroxyl groups is 1. The van der Waals surface area contributed by atoms with Crippen LogP contribution in [0.1, 0.15) is 11.8 Å². The van der Waals surface area contributed by atoms with Crippen molar-refractivity contribution < 1.29 is 19.1 Å². The molecular weight excluding hydrogens is 198 g/mol. The van der Waals surface area contributed by atoms with E-state index in [1.807, 2.05) is 0 Å². The number of ether oxygens (including phenoxy) is 1. The van der Waals surface area contributed by atoms with Crippen LogP contribution in [0.2, 0.25) is 0 Å². The average Bonchev–Trinajstić information content (AvgIpc) is 2.77. The number of hydrogen-bond donors (Lipinski definition) is 2. The summed E-state index contributed by atoms with van der Waals surface area (Å²) < 4.78 is 9.65. The second-order valence-corrected chi connectivity index (χ2v) is 2.94. The second kappa shape index (κ2) is 5.33.